The molecule has 2 heterocycles. The SMILES string of the molecule is CCCN1CCCC(O)(c2cnnn2C)CC1. The maximum Gasteiger partial charge on any atom is 0.109 e. The predicted octanol–water partition coefficient (Wildman–Crippen LogP) is 0.899. The molecule has 96 valence electrons. The van der Waals surface area contributed by atoms with Gasteiger partial charge in [0.05, 0.1) is 11.9 Å². The molecule has 5 nitrogen and oxygen atoms in total. The van der Waals surface area contributed by atoms with E-state index in [-0.39, 0.29) is 0 Å². The van der Waals surface area contributed by atoms with Gasteiger partial charge in [-0.2, -0.15) is 0 Å². The Labute approximate surface area is 102 Å². The van der Waals surface area contributed by atoms with Crippen molar-refractivity contribution in [3.63, 3.8) is 0 Å². The van der Waals surface area contributed by atoms with E-state index in [1.165, 1.54) is 6.42 Å². The second kappa shape index (κ2) is 5.14. The monoisotopic (exact) mass is 238 g/mol. The molecule has 1 N–H and O–H groups in total. The lowest BCUT2D eigenvalue weighted by Gasteiger charge is -2.26. The summed E-state index contributed by atoms with van der Waals surface area (Å²) in [4.78, 5) is 2.43. The van der Waals surface area contributed by atoms with E-state index in [2.05, 4.69) is 22.1 Å². The number of hydrogen-bond acceptors (Lipinski definition) is 4. The Bertz CT molecular complexity index is 365. The van der Waals surface area contributed by atoms with Gasteiger partial charge in [-0.25, -0.2) is 4.68 Å². The van der Waals surface area contributed by atoms with E-state index in [0.717, 1.165) is 44.6 Å². The van der Waals surface area contributed by atoms with Crippen molar-refractivity contribution < 1.29 is 5.11 Å². The van der Waals surface area contributed by atoms with Crippen molar-refractivity contribution in [3.05, 3.63) is 11.9 Å². The molecule has 0 bridgehead atoms. The minimum atomic E-state index is -0.749. The maximum absolute atomic E-state index is 10.8. The van der Waals surface area contributed by atoms with Gasteiger partial charge in [0.15, 0.2) is 0 Å². The molecular weight excluding hydrogens is 216 g/mol. The highest BCUT2D eigenvalue weighted by molar-refractivity contribution is 5.08. The number of rotatable bonds is 3. The molecule has 0 radical (unpaired) electrons. The number of hydrogen-bond donors (Lipinski definition) is 1. The van der Waals surface area contributed by atoms with Crippen molar-refractivity contribution in [2.75, 3.05) is 19.6 Å². The van der Waals surface area contributed by atoms with Crippen molar-refractivity contribution >= 4 is 0 Å². The summed E-state index contributed by atoms with van der Waals surface area (Å²) in [5.41, 5.74) is 0.0941. The van der Waals surface area contributed by atoms with Gasteiger partial charge in [-0.3, -0.25) is 0 Å². The molecule has 0 aromatic carbocycles. The van der Waals surface area contributed by atoms with Gasteiger partial charge in [0.2, 0.25) is 0 Å². The second-order valence-corrected chi connectivity index (χ2v) is 4.97. The molecule has 1 aromatic rings. The highest BCUT2D eigenvalue weighted by Gasteiger charge is 2.34. The van der Waals surface area contributed by atoms with Crippen LogP contribution in [0.1, 0.15) is 38.3 Å². The van der Waals surface area contributed by atoms with Crippen molar-refractivity contribution in [1.82, 2.24) is 19.9 Å². The zero-order valence-electron chi connectivity index (χ0n) is 10.8. The quantitative estimate of drug-likeness (QED) is 0.850. The van der Waals surface area contributed by atoms with Crippen molar-refractivity contribution in [2.45, 2.75) is 38.2 Å². The van der Waals surface area contributed by atoms with Gasteiger partial charge in [-0.05, 0) is 38.8 Å². The minimum Gasteiger partial charge on any atom is -0.383 e. The number of aryl methyl sites for hydroxylation is 1. The van der Waals surface area contributed by atoms with Crippen LogP contribution in [-0.4, -0.2) is 44.6 Å². The number of likely N-dealkylation sites (tertiary alicyclic amines) is 1. The molecular formula is C12H22N4O. The lowest BCUT2D eigenvalue weighted by molar-refractivity contribution is 0.0134. The molecule has 2 rings (SSSR count). The number of nitrogens with zero attached hydrogens (tertiary/aromatic N) is 4. The molecule has 1 atom stereocenters. The number of aromatic nitrogens is 3. The third-order valence-corrected chi connectivity index (χ3v) is 3.64. The van der Waals surface area contributed by atoms with Gasteiger partial charge < -0.3 is 10.0 Å². The third kappa shape index (κ3) is 2.66. The fourth-order valence-electron chi connectivity index (χ4n) is 2.68. The summed E-state index contributed by atoms with van der Waals surface area (Å²) in [5, 5.41) is 18.5. The molecule has 1 saturated heterocycles. The van der Waals surface area contributed by atoms with Crippen LogP contribution in [0.3, 0.4) is 0 Å². The van der Waals surface area contributed by atoms with E-state index in [1.54, 1.807) is 10.9 Å². The predicted molar refractivity (Wildman–Crippen MR) is 65.5 cm³/mol. The molecule has 0 amide bonds. The van der Waals surface area contributed by atoms with E-state index in [0.29, 0.717) is 0 Å². The molecule has 1 aliphatic heterocycles. The van der Waals surface area contributed by atoms with Crippen LogP contribution in [0.2, 0.25) is 0 Å². The van der Waals surface area contributed by atoms with Crippen LogP contribution in [0.15, 0.2) is 6.20 Å². The first-order valence-electron chi connectivity index (χ1n) is 6.45. The molecule has 1 fully saturated rings. The Morgan fingerprint density at radius 3 is 2.88 bits per heavy atom. The second-order valence-electron chi connectivity index (χ2n) is 4.97. The van der Waals surface area contributed by atoms with Crippen LogP contribution in [0.25, 0.3) is 0 Å². The zero-order valence-corrected chi connectivity index (χ0v) is 10.8. The van der Waals surface area contributed by atoms with Crippen molar-refractivity contribution in [2.24, 2.45) is 7.05 Å². The Balaban J connectivity index is 2.09. The fraction of sp³-hybridized carbons (Fsp3) is 0.833. The van der Waals surface area contributed by atoms with Gasteiger partial charge in [0.25, 0.3) is 0 Å². The molecule has 17 heavy (non-hydrogen) atoms. The van der Waals surface area contributed by atoms with E-state index >= 15 is 0 Å². The zero-order chi connectivity index (χ0) is 12.3. The standard InChI is InChI=1S/C12H22N4O/c1-3-7-16-8-4-5-12(17,6-9-16)11-10-13-14-15(11)2/h10,17H,3-9H2,1-2H3. The van der Waals surface area contributed by atoms with E-state index in [9.17, 15) is 5.11 Å². The smallest absolute Gasteiger partial charge is 0.109 e. The average molecular weight is 238 g/mol. The van der Waals surface area contributed by atoms with Crippen molar-refractivity contribution in [3.8, 4) is 0 Å². The molecule has 0 saturated carbocycles. The summed E-state index contributed by atoms with van der Waals surface area (Å²) in [6.45, 7) is 5.36. The summed E-state index contributed by atoms with van der Waals surface area (Å²) in [6, 6.07) is 0. The Morgan fingerprint density at radius 2 is 2.24 bits per heavy atom. The first-order valence-corrected chi connectivity index (χ1v) is 6.45. The van der Waals surface area contributed by atoms with Crippen molar-refractivity contribution in [1.29, 1.82) is 0 Å². The van der Waals surface area contributed by atoms with Crippen LogP contribution >= 0.6 is 0 Å². The minimum absolute atomic E-state index is 0.749. The normalized spacial score (nSPS) is 27.0. The Morgan fingerprint density at radius 1 is 1.41 bits per heavy atom. The third-order valence-electron chi connectivity index (χ3n) is 3.64. The van der Waals surface area contributed by atoms with Crippen LogP contribution < -0.4 is 0 Å². The highest BCUT2D eigenvalue weighted by Crippen LogP contribution is 2.31. The van der Waals surface area contributed by atoms with Crippen LogP contribution in [0.4, 0.5) is 0 Å². The summed E-state index contributed by atoms with van der Waals surface area (Å²) < 4.78 is 1.69. The summed E-state index contributed by atoms with van der Waals surface area (Å²) in [5.74, 6) is 0. The summed E-state index contributed by atoms with van der Waals surface area (Å²) in [6.07, 6.45) is 5.46. The molecule has 0 aliphatic carbocycles. The van der Waals surface area contributed by atoms with Crippen LogP contribution in [0, 0.1) is 0 Å². The van der Waals surface area contributed by atoms with E-state index < -0.39 is 5.60 Å². The molecule has 1 aromatic heterocycles. The molecule has 1 unspecified atom stereocenters. The summed E-state index contributed by atoms with van der Waals surface area (Å²) in [7, 11) is 1.84. The lowest BCUT2D eigenvalue weighted by Crippen LogP contribution is -2.31. The highest BCUT2D eigenvalue weighted by atomic mass is 16.3. The lowest BCUT2D eigenvalue weighted by atomic mass is 9.91. The van der Waals surface area contributed by atoms with Gasteiger partial charge in [0, 0.05) is 13.6 Å². The van der Waals surface area contributed by atoms with Gasteiger partial charge >= 0.3 is 0 Å². The maximum atomic E-state index is 10.8. The van der Waals surface area contributed by atoms with E-state index in [1.807, 2.05) is 7.05 Å². The van der Waals surface area contributed by atoms with E-state index in [4.69, 9.17) is 0 Å². The molecule has 0 spiro atoms. The van der Waals surface area contributed by atoms with Crippen LogP contribution in [-0.2, 0) is 12.6 Å². The Kier molecular flexibility index (Phi) is 3.79. The number of aliphatic hydroxyl groups is 1. The largest absolute Gasteiger partial charge is 0.383 e. The first-order chi connectivity index (χ1) is 8.15. The fourth-order valence-corrected chi connectivity index (χ4v) is 2.68. The first kappa shape index (κ1) is 12.5. The summed E-state index contributed by atoms with van der Waals surface area (Å²) >= 11 is 0. The molecule has 1 aliphatic rings. The molecule has 5 heteroatoms. The van der Waals surface area contributed by atoms with Gasteiger partial charge in [0.1, 0.15) is 5.60 Å². The van der Waals surface area contributed by atoms with Crippen LogP contribution in [0.5, 0.6) is 0 Å². The topological polar surface area (TPSA) is 54.2 Å². The van der Waals surface area contributed by atoms with Gasteiger partial charge in [-0.15, -0.1) is 5.10 Å². The average Bonchev–Trinajstić information content (AvgIpc) is 2.64. The van der Waals surface area contributed by atoms with Gasteiger partial charge in [-0.1, -0.05) is 12.1 Å². The Hall–Kier alpha value is -0.940.